The van der Waals surface area contributed by atoms with Crippen LogP contribution in [-0.2, 0) is 0 Å². The van der Waals surface area contributed by atoms with E-state index in [1.807, 2.05) is 11.3 Å². The molecule has 14 rings (SSSR count). The third kappa shape index (κ3) is 5.17. The molecule has 0 saturated carbocycles. The Hall–Kier alpha value is -8.32. The van der Waals surface area contributed by atoms with Crippen molar-refractivity contribution in [3.8, 4) is 44.9 Å². The standard InChI is InChI=1S/C58H34N4OS/c1-2-14-40(15-3-1)61-49-21-7-4-16-42(49)46-31-36(24-27-51(46)61)37-25-28-52-47(32-37)43-17-5-8-22-50(43)62(52)58-56-55(59-34-60-58)48-33-38(26-29-53(48)63-56)35-12-10-13-39(30-35)41-19-11-20-45-44-18-6-9-23-54(44)64-57(41)45/h1-34H. The largest absolute Gasteiger partial charge is 0.450 e. The van der Waals surface area contributed by atoms with Gasteiger partial charge in [-0.2, -0.15) is 0 Å². The molecule has 9 aromatic carbocycles. The van der Waals surface area contributed by atoms with Gasteiger partial charge in [-0.25, -0.2) is 9.97 Å². The number of furan rings is 1. The summed E-state index contributed by atoms with van der Waals surface area (Å²) in [5.41, 5.74) is 14.9. The van der Waals surface area contributed by atoms with Crippen LogP contribution in [0.15, 0.2) is 211 Å². The Kier molecular flexibility index (Phi) is 7.49. The fourth-order valence-corrected chi connectivity index (χ4v) is 11.4. The molecule has 298 valence electrons. The van der Waals surface area contributed by atoms with E-state index in [0.29, 0.717) is 5.58 Å². The molecule has 0 saturated heterocycles. The zero-order valence-corrected chi connectivity index (χ0v) is 35.1. The summed E-state index contributed by atoms with van der Waals surface area (Å²) in [5, 5.41) is 8.33. The van der Waals surface area contributed by atoms with Gasteiger partial charge in [0.05, 0.1) is 22.1 Å². The zero-order chi connectivity index (χ0) is 41.9. The van der Waals surface area contributed by atoms with E-state index in [4.69, 9.17) is 14.4 Å². The molecule has 5 heterocycles. The molecule has 0 atom stereocenters. The molecule has 64 heavy (non-hydrogen) atoms. The van der Waals surface area contributed by atoms with Gasteiger partial charge in [-0.1, -0.05) is 127 Å². The van der Waals surface area contributed by atoms with Crippen molar-refractivity contribution in [2.24, 2.45) is 0 Å². The van der Waals surface area contributed by atoms with E-state index >= 15 is 0 Å². The highest BCUT2D eigenvalue weighted by molar-refractivity contribution is 7.26. The average Bonchev–Trinajstić information content (AvgIpc) is 4.11. The molecule has 0 radical (unpaired) electrons. The lowest BCUT2D eigenvalue weighted by atomic mass is 9.97. The number of fused-ring (bicyclic) bond motifs is 12. The van der Waals surface area contributed by atoms with Gasteiger partial charge in [-0.3, -0.25) is 4.57 Å². The van der Waals surface area contributed by atoms with Crippen LogP contribution in [0.5, 0.6) is 0 Å². The fourth-order valence-electron chi connectivity index (χ4n) is 10.1. The van der Waals surface area contributed by atoms with Crippen LogP contribution in [0, 0.1) is 0 Å². The van der Waals surface area contributed by atoms with Crippen molar-refractivity contribution in [2.45, 2.75) is 0 Å². The quantitative estimate of drug-likeness (QED) is 0.174. The van der Waals surface area contributed by atoms with Crippen LogP contribution < -0.4 is 0 Å². The van der Waals surface area contributed by atoms with Crippen LogP contribution in [0.3, 0.4) is 0 Å². The van der Waals surface area contributed by atoms with Gasteiger partial charge in [0, 0.05) is 52.8 Å². The number of benzene rings is 9. The van der Waals surface area contributed by atoms with Crippen molar-refractivity contribution in [1.29, 1.82) is 0 Å². The highest BCUT2D eigenvalue weighted by Crippen LogP contribution is 2.43. The maximum Gasteiger partial charge on any atom is 0.197 e. The molecule has 0 N–H and O–H groups in total. The molecular weight excluding hydrogens is 801 g/mol. The van der Waals surface area contributed by atoms with Gasteiger partial charge >= 0.3 is 0 Å². The van der Waals surface area contributed by atoms with E-state index in [1.165, 1.54) is 58.7 Å². The monoisotopic (exact) mass is 834 g/mol. The van der Waals surface area contributed by atoms with Gasteiger partial charge in [0.15, 0.2) is 11.4 Å². The molecular formula is C58H34N4OS. The molecule has 14 aromatic rings. The number of nitrogens with zero attached hydrogens (tertiary/aromatic N) is 4. The third-order valence-corrected chi connectivity index (χ3v) is 14.3. The van der Waals surface area contributed by atoms with Crippen LogP contribution in [0.4, 0.5) is 0 Å². The van der Waals surface area contributed by atoms with Crippen LogP contribution >= 0.6 is 11.3 Å². The fraction of sp³-hybridized carbons (Fsp3) is 0. The summed E-state index contributed by atoms with van der Waals surface area (Å²) in [7, 11) is 0. The predicted octanol–water partition coefficient (Wildman–Crippen LogP) is 15.9. The highest BCUT2D eigenvalue weighted by Gasteiger charge is 2.21. The van der Waals surface area contributed by atoms with Crippen molar-refractivity contribution >= 4 is 97.2 Å². The van der Waals surface area contributed by atoms with Gasteiger partial charge in [-0.05, 0) is 106 Å². The van der Waals surface area contributed by atoms with Crippen molar-refractivity contribution in [2.75, 3.05) is 0 Å². The second-order valence-corrected chi connectivity index (χ2v) is 17.6. The molecule has 0 unspecified atom stereocenters. The molecule has 0 amide bonds. The predicted molar refractivity (Wildman–Crippen MR) is 267 cm³/mol. The topological polar surface area (TPSA) is 48.8 Å². The molecule has 5 nitrogen and oxygen atoms in total. The number of hydrogen-bond acceptors (Lipinski definition) is 4. The minimum Gasteiger partial charge on any atom is -0.450 e. The van der Waals surface area contributed by atoms with Gasteiger partial charge in [0.1, 0.15) is 17.4 Å². The average molecular weight is 835 g/mol. The summed E-state index contributed by atoms with van der Waals surface area (Å²) in [6.07, 6.45) is 1.67. The van der Waals surface area contributed by atoms with Gasteiger partial charge < -0.3 is 8.98 Å². The molecule has 0 bridgehead atoms. The number of thiophene rings is 1. The van der Waals surface area contributed by atoms with E-state index in [2.05, 4.69) is 209 Å². The minimum atomic E-state index is 0.659. The molecule has 0 spiro atoms. The third-order valence-electron chi connectivity index (χ3n) is 13.0. The second-order valence-electron chi connectivity index (χ2n) is 16.6. The minimum absolute atomic E-state index is 0.659. The van der Waals surface area contributed by atoms with Gasteiger partial charge in [0.2, 0.25) is 0 Å². The van der Waals surface area contributed by atoms with E-state index < -0.39 is 0 Å². The Morgan fingerprint density at radius 3 is 1.75 bits per heavy atom. The first-order chi connectivity index (χ1) is 31.7. The van der Waals surface area contributed by atoms with Crippen molar-refractivity contribution in [3.63, 3.8) is 0 Å². The van der Waals surface area contributed by atoms with E-state index in [0.717, 1.165) is 66.5 Å². The number of hydrogen-bond donors (Lipinski definition) is 0. The first kappa shape index (κ1) is 35.3. The summed E-state index contributed by atoms with van der Waals surface area (Å²) in [4.78, 5) is 9.80. The lowest BCUT2D eigenvalue weighted by Crippen LogP contribution is -1.98. The van der Waals surface area contributed by atoms with Crippen molar-refractivity contribution < 1.29 is 4.42 Å². The Balaban J connectivity index is 0.883. The molecule has 0 aliphatic heterocycles. The number of para-hydroxylation sites is 3. The van der Waals surface area contributed by atoms with Crippen molar-refractivity contribution in [3.05, 3.63) is 207 Å². The van der Waals surface area contributed by atoms with E-state index in [1.54, 1.807) is 6.33 Å². The first-order valence-corrected chi connectivity index (χ1v) is 22.4. The summed E-state index contributed by atoms with van der Waals surface area (Å²) in [6.45, 7) is 0. The van der Waals surface area contributed by atoms with Crippen LogP contribution in [0.2, 0.25) is 0 Å². The SMILES string of the molecule is c1ccc(-n2c3ccccc3c3cc(-c4ccc5c(c4)c4ccccc4n5-c4ncnc5c4oc4ccc(-c6cccc(-c7cccc8c7sc7ccccc78)c6)cc45)ccc32)cc1. The van der Waals surface area contributed by atoms with Crippen molar-refractivity contribution in [1.82, 2.24) is 19.1 Å². The highest BCUT2D eigenvalue weighted by atomic mass is 32.1. The molecule has 6 heteroatoms. The summed E-state index contributed by atoms with van der Waals surface area (Å²) < 4.78 is 13.9. The molecule has 5 aromatic heterocycles. The van der Waals surface area contributed by atoms with Crippen LogP contribution in [0.25, 0.3) is 131 Å². The van der Waals surface area contributed by atoms with E-state index in [-0.39, 0.29) is 0 Å². The van der Waals surface area contributed by atoms with E-state index in [9.17, 15) is 0 Å². The molecule has 0 aliphatic rings. The lowest BCUT2D eigenvalue weighted by molar-refractivity contribution is 0.662. The lowest BCUT2D eigenvalue weighted by Gasteiger charge is -2.09. The first-order valence-electron chi connectivity index (χ1n) is 21.5. The zero-order valence-electron chi connectivity index (χ0n) is 34.2. The number of aromatic nitrogens is 4. The maximum atomic E-state index is 6.72. The van der Waals surface area contributed by atoms with Gasteiger partial charge in [-0.15, -0.1) is 11.3 Å². The smallest absolute Gasteiger partial charge is 0.197 e. The molecule has 0 fully saturated rings. The van der Waals surface area contributed by atoms with Gasteiger partial charge in [0.25, 0.3) is 0 Å². The Labute approximate surface area is 370 Å². The summed E-state index contributed by atoms with van der Waals surface area (Å²) in [5.74, 6) is 0.718. The normalized spacial score (nSPS) is 12.1. The maximum absolute atomic E-state index is 6.72. The molecule has 0 aliphatic carbocycles. The Morgan fingerprint density at radius 2 is 0.969 bits per heavy atom. The second kappa shape index (κ2) is 13.6. The Morgan fingerprint density at radius 1 is 0.391 bits per heavy atom. The Bertz CT molecular complexity index is 4210. The van der Waals surface area contributed by atoms with Crippen LogP contribution in [-0.4, -0.2) is 19.1 Å². The van der Waals surface area contributed by atoms with Crippen LogP contribution in [0.1, 0.15) is 0 Å². The summed E-state index contributed by atoms with van der Waals surface area (Å²) >= 11 is 1.86. The summed E-state index contributed by atoms with van der Waals surface area (Å²) in [6, 6.07) is 72.1. The number of rotatable bonds is 5.